The lowest BCUT2D eigenvalue weighted by Crippen LogP contribution is -2.43. The van der Waals surface area contributed by atoms with Crippen molar-refractivity contribution in [2.75, 3.05) is 30.9 Å². The molecule has 0 spiro atoms. The summed E-state index contributed by atoms with van der Waals surface area (Å²) < 4.78 is 55.7. The Bertz CT molecular complexity index is 1980. The first-order valence-electron chi connectivity index (χ1n) is 14.7. The second-order valence-electron chi connectivity index (χ2n) is 11.9. The van der Waals surface area contributed by atoms with E-state index in [1.165, 1.54) is 41.7 Å². The normalized spacial score (nSPS) is 12.2. The maximum absolute atomic E-state index is 15.1. The summed E-state index contributed by atoms with van der Waals surface area (Å²) in [6.45, 7) is 6.31. The number of thiophene rings is 1. The molecule has 252 valence electrons. The van der Waals surface area contributed by atoms with Crippen LogP contribution >= 0.6 is 11.3 Å². The highest BCUT2D eigenvalue weighted by atomic mass is 32.1. The van der Waals surface area contributed by atoms with Crippen LogP contribution < -0.4 is 15.4 Å². The predicted octanol–water partition coefficient (Wildman–Crippen LogP) is 8.26. The zero-order valence-electron chi connectivity index (χ0n) is 26.7. The second-order valence-corrected chi connectivity index (χ2v) is 12.9. The van der Waals surface area contributed by atoms with E-state index in [1.807, 2.05) is 38.5 Å². The summed E-state index contributed by atoms with van der Waals surface area (Å²) in [5.41, 5.74) is 0.636. The van der Waals surface area contributed by atoms with E-state index in [1.54, 1.807) is 12.3 Å². The fraction of sp³-hybridized carbons (Fsp3) is 0.273. The van der Waals surface area contributed by atoms with Crippen molar-refractivity contribution >= 4 is 45.1 Å². The predicted molar refractivity (Wildman–Crippen MR) is 176 cm³/mol. The number of carbonyl (C=O) groups is 2. The molecule has 11 nitrogen and oxygen atoms in total. The van der Waals surface area contributed by atoms with Gasteiger partial charge in [-0.05, 0) is 35.7 Å². The molecule has 5 rings (SSSR count). The number of aromatic nitrogens is 3. The molecule has 3 N–H and O–H groups in total. The van der Waals surface area contributed by atoms with Gasteiger partial charge in [0.25, 0.3) is 0 Å². The number of fused-ring (bicyclic) bond motifs is 1. The van der Waals surface area contributed by atoms with Crippen molar-refractivity contribution in [3.05, 3.63) is 84.1 Å². The van der Waals surface area contributed by atoms with Crippen LogP contribution in [0, 0.1) is 22.9 Å². The van der Waals surface area contributed by atoms with Crippen molar-refractivity contribution < 1.29 is 37.3 Å². The fourth-order valence-electron chi connectivity index (χ4n) is 5.26. The molecule has 0 saturated carbocycles. The Labute approximate surface area is 277 Å². The SMILES string of the molecule is COCCN(C(=O)O)C(c1cnc(-c2cc3nccc(Oc4ccc(NC(=O)Nc5ccc(F)cc5F)cc4F)c3s2)n1C)C(C)(C)C. The number of urea groups is 1. The average Bonchev–Trinajstić information content (AvgIpc) is 3.61. The maximum atomic E-state index is 15.1. The Morgan fingerprint density at radius 1 is 1.02 bits per heavy atom. The molecule has 0 aliphatic carbocycles. The van der Waals surface area contributed by atoms with Crippen LogP contribution in [0.3, 0.4) is 0 Å². The molecule has 1 atom stereocenters. The van der Waals surface area contributed by atoms with Gasteiger partial charge < -0.3 is 29.8 Å². The smallest absolute Gasteiger partial charge is 0.407 e. The number of benzene rings is 2. The number of amides is 3. The number of rotatable bonds is 10. The monoisotopic (exact) mass is 682 g/mol. The third-order valence-electron chi connectivity index (χ3n) is 7.40. The van der Waals surface area contributed by atoms with Crippen LogP contribution in [0.25, 0.3) is 20.9 Å². The molecule has 3 aromatic heterocycles. The van der Waals surface area contributed by atoms with Crippen LogP contribution in [0.15, 0.2) is 60.9 Å². The first-order valence-corrected chi connectivity index (χ1v) is 15.5. The highest BCUT2D eigenvalue weighted by molar-refractivity contribution is 7.22. The van der Waals surface area contributed by atoms with Gasteiger partial charge in [0.15, 0.2) is 11.6 Å². The largest absolute Gasteiger partial charge is 0.465 e. The molecule has 3 amide bonds. The summed E-state index contributed by atoms with van der Waals surface area (Å²) in [5.74, 6) is -1.73. The number of hydrogen-bond acceptors (Lipinski definition) is 7. The molecular formula is C33H33F3N6O5S. The van der Waals surface area contributed by atoms with E-state index in [-0.39, 0.29) is 30.3 Å². The Hall–Kier alpha value is -5.15. The number of nitrogens with one attached hydrogen (secondary N) is 2. The standard InChI is InChI=1S/C33H33F3N6O5S/c1-33(2,3)29(42(32(44)45)12-13-46-5)24-17-38-30(41(24)4)27-16-23-28(48-27)26(10-11-37-23)47-25-9-7-19(15-21(25)36)39-31(43)40-22-8-6-18(34)14-20(22)35/h6-11,14-17,29H,12-13H2,1-5H3,(H,44,45)(H2,39,40,43). The summed E-state index contributed by atoms with van der Waals surface area (Å²) in [6, 6.07) is 8.52. The highest BCUT2D eigenvalue weighted by Crippen LogP contribution is 2.42. The number of anilines is 2. The van der Waals surface area contributed by atoms with Crippen LogP contribution in [0.5, 0.6) is 11.5 Å². The highest BCUT2D eigenvalue weighted by Gasteiger charge is 2.37. The van der Waals surface area contributed by atoms with Gasteiger partial charge in [0.05, 0.1) is 45.3 Å². The van der Waals surface area contributed by atoms with Crippen LogP contribution in [-0.2, 0) is 11.8 Å². The molecule has 0 saturated heterocycles. The van der Waals surface area contributed by atoms with E-state index >= 15 is 4.39 Å². The van der Waals surface area contributed by atoms with Gasteiger partial charge in [0.1, 0.15) is 23.2 Å². The summed E-state index contributed by atoms with van der Waals surface area (Å²) in [4.78, 5) is 35.8. The lowest BCUT2D eigenvalue weighted by Gasteiger charge is -2.38. The third-order valence-corrected chi connectivity index (χ3v) is 8.54. The first kappa shape index (κ1) is 34.2. The van der Waals surface area contributed by atoms with Gasteiger partial charge in [-0.25, -0.2) is 27.7 Å². The summed E-state index contributed by atoms with van der Waals surface area (Å²) >= 11 is 1.33. The van der Waals surface area contributed by atoms with E-state index in [9.17, 15) is 23.5 Å². The molecule has 2 aromatic carbocycles. The van der Waals surface area contributed by atoms with Crippen molar-refractivity contribution in [3.8, 4) is 22.2 Å². The number of hydrogen-bond donors (Lipinski definition) is 3. The number of methoxy groups -OCH3 is 1. The number of carbonyl (C=O) groups excluding carboxylic acids is 1. The molecule has 0 radical (unpaired) electrons. The lowest BCUT2D eigenvalue weighted by atomic mass is 9.83. The lowest BCUT2D eigenvalue weighted by molar-refractivity contribution is 0.0585. The molecule has 15 heteroatoms. The minimum absolute atomic E-state index is 0.0704. The van der Waals surface area contributed by atoms with Crippen LogP contribution in [0.4, 0.5) is 34.1 Å². The number of halogens is 3. The van der Waals surface area contributed by atoms with Gasteiger partial charge in [-0.15, -0.1) is 11.3 Å². The molecule has 48 heavy (non-hydrogen) atoms. The van der Waals surface area contributed by atoms with E-state index < -0.39 is 41.0 Å². The molecule has 0 bridgehead atoms. The Balaban J connectivity index is 1.38. The van der Waals surface area contributed by atoms with Gasteiger partial charge in [0, 0.05) is 50.8 Å². The quantitative estimate of drug-likeness (QED) is 0.135. The minimum atomic E-state index is -1.07. The summed E-state index contributed by atoms with van der Waals surface area (Å²) in [6.07, 6.45) is 2.13. The summed E-state index contributed by atoms with van der Waals surface area (Å²) in [5, 5.41) is 14.7. The molecule has 3 heterocycles. The fourth-order valence-corrected chi connectivity index (χ4v) is 6.36. The summed E-state index contributed by atoms with van der Waals surface area (Å²) in [7, 11) is 3.34. The molecule has 5 aromatic rings. The van der Waals surface area contributed by atoms with Gasteiger partial charge >= 0.3 is 12.1 Å². The molecular weight excluding hydrogens is 649 g/mol. The van der Waals surface area contributed by atoms with E-state index in [2.05, 4.69) is 20.6 Å². The van der Waals surface area contributed by atoms with Crippen LogP contribution in [0.2, 0.25) is 0 Å². The van der Waals surface area contributed by atoms with Crippen molar-refractivity contribution in [3.63, 3.8) is 0 Å². The molecule has 1 unspecified atom stereocenters. The average molecular weight is 683 g/mol. The van der Waals surface area contributed by atoms with Gasteiger partial charge in [-0.1, -0.05) is 20.8 Å². The van der Waals surface area contributed by atoms with Gasteiger partial charge in [0.2, 0.25) is 0 Å². The zero-order chi connectivity index (χ0) is 34.7. The van der Waals surface area contributed by atoms with Crippen molar-refractivity contribution in [1.29, 1.82) is 0 Å². The third kappa shape index (κ3) is 7.37. The Morgan fingerprint density at radius 2 is 1.79 bits per heavy atom. The minimum Gasteiger partial charge on any atom is -0.465 e. The Morgan fingerprint density at radius 3 is 2.46 bits per heavy atom. The topological polar surface area (TPSA) is 131 Å². The number of pyridine rings is 1. The van der Waals surface area contributed by atoms with Gasteiger partial charge in [-0.3, -0.25) is 9.88 Å². The van der Waals surface area contributed by atoms with Crippen LogP contribution in [0.1, 0.15) is 32.5 Å². The van der Waals surface area contributed by atoms with Crippen molar-refractivity contribution in [2.45, 2.75) is 26.8 Å². The van der Waals surface area contributed by atoms with Gasteiger partial charge in [-0.2, -0.15) is 0 Å². The first-order chi connectivity index (χ1) is 22.8. The number of ether oxygens (including phenoxy) is 2. The number of imidazole rings is 1. The molecule has 0 aliphatic heterocycles. The van der Waals surface area contributed by atoms with E-state index in [4.69, 9.17) is 9.47 Å². The van der Waals surface area contributed by atoms with E-state index in [0.29, 0.717) is 33.6 Å². The Kier molecular flexibility index (Phi) is 9.91. The van der Waals surface area contributed by atoms with Crippen molar-refractivity contribution in [1.82, 2.24) is 19.4 Å². The van der Waals surface area contributed by atoms with Crippen LogP contribution in [-0.4, -0.2) is 56.9 Å². The number of nitrogens with zero attached hydrogens (tertiary/aromatic N) is 4. The molecule has 0 fully saturated rings. The number of carboxylic acid groups (broad SMARTS) is 1. The zero-order valence-corrected chi connectivity index (χ0v) is 27.5. The maximum Gasteiger partial charge on any atom is 0.407 e. The second kappa shape index (κ2) is 13.9. The van der Waals surface area contributed by atoms with Crippen molar-refractivity contribution in [2.24, 2.45) is 12.5 Å². The molecule has 0 aliphatic rings. The van der Waals surface area contributed by atoms with E-state index in [0.717, 1.165) is 23.1 Å².